The molecule has 1 aliphatic heterocycles. The molecule has 2 heterocycles. The number of anilines is 1. The second-order valence-electron chi connectivity index (χ2n) is 13.1. The molecule has 0 radical (unpaired) electrons. The lowest BCUT2D eigenvalue weighted by Crippen LogP contribution is -2.40. The summed E-state index contributed by atoms with van der Waals surface area (Å²) in [5, 5.41) is 30.7. The highest BCUT2D eigenvalue weighted by atomic mass is 16.6. The minimum absolute atomic E-state index is 0.0123. The third-order valence-electron chi connectivity index (χ3n) is 9.39. The number of likely N-dealkylation sites (tertiary alicyclic amines) is 1. The number of fused-ring (bicyclic) bond motifs is 1. The summed E-state index contributed by atoms with van der Waals surface area (Å²) < 4.78 is 5.75. The van der Waals surface area contributed by atoms with E-state index in [0.29, 0.717) is 67.6 Å². The monoisotopic (exact) mass is 703 g/mol. The van der Waals surface area contributed by atoms with Crippen molar-refractivity contribution in [3.05, 3.63) is 130 Å². The van der Waals surface area contributed by atoms with Gasteiger partial charge in [-0.3, -0.25) is 14.9 Å². The average Bonchev–Trinajstić information content (AvgIpc) is 3.16. The Hall–Kier alpha value is -5.49. The molecule has 270 valence electrons. The van der Waals surface area contributed by atoms with E-state index in [0.717, 1.165) is 41.8 Å². The summed E-state index contributed by atoms with van der Waals surface area (Å²) in [5.41, 5.74) is 5.40. The van der Waals surface area contributed by atoms with Crippen LogP contribution in [0.1, 0.15) is 42.1 Å². The first-order valence-corrected chi connectivity index (χ1v) is 17.7. The van der Waals surface area contributed by atoms with E-state index in [1.54, 1.807) is 12.1 Å². The zero-order valence-corrected chi connectivity index (χ0v) is 29.0. The number of H-pyrrole nitrogens is 1. The molecule has 11 heteroatoms. The molecule has 1 unspecified atom stereocenters. The van der Waals surface area contributed by atoms with Crippen LogP contribution in [-0.4, -0.2) is 70.9 Å². The zero-order valence-electron chi connectivity index (χ0n) is 29.0. The van der Waals surface area contributed by atoms with Gasteiger partial charge in [0.15, 0.2) is 0 Å². The lowest BCUT2D eigenvalue weighted by atomic mass is 10.0. The van der Waals surface area contributed by atoms with Crippen molar-refractivity contribution in [3.8, 4) is 16.9 Å². The number of carbonyl (C=O) groups excluding carboxylic acids is 2. The van der Waals surface area contributed by atoms with Crippen LogP contribution >= 0.6 is 0 Å². The van der Waals surface area contributed by atoms with Crippen LogP contribution in [0, 0.1) is 0 Å². The smallest absolute Gasteiger partial charge is 0.411 e. The molecule has 52 heavy (non-hydrogen) atoms. The third-order valence-corrected chi connectivity index (χ3v) is 9.39. The number of aromatic nitrogens is 1. The van der Waals surface area contributed by atoms with Crippen LogP contribution in [0.25, 0.3) is 22.0 Å². The predicted molar refractivity (Wildman–Crippen MR) is 202 cm³/mol. The van der Waals surface area contributed by atoms with Gasteiger partial charge in [-0.15, -0.1) is 0 Å². The van der Waals surface area contributed by atoms with E-state index in [-0.39, 0.29) is 23.3 Å². The van der Waals surface area contributed by atoms with Crippen molar-refractivity contribution in [2.75, 3.05) is 38.0 Å². The average molecular weight is 704 g/mol. The number of piperidine rings is 1. The third kappa shape index (κ3) is 9.85. The number of aromatic hydroxyl groups is 1. The van der Waals surface area contributed by atoms with Gasteiger partial charge < -0.3 is 35.5 Å². The lowest BCUT2D eigenvalue weighted by molar-refractivity contribution is -0.121. The molecule has 0 saturated carbocycles. The number of hydrogen-bond acceptors (Lipinski definition) is 8. The summed E-state index contributed by atoms with van der Waals surface area (Å²) in [7, 11) is 0. The number of nitrogens with one attached hydrogen (secondary N) is 4. The van der Waals surface area contributed by atoms with E-state index in [1.165, 1.54) is 12.1 Å². The number of para-hydroxylation sites is 1. The van der Waals surface area contributed by atoms with Crippen LogP contribution in [0.3, 0.4) is 0 Å². The Kier molecular flexibility index (Phi) is 12.3. The van der Waals surface area contributed by atoms with Crippen molar-refractivity contribution in [1.29, 1.82) is 0 Å². The minimum atomic E-state index is -0.823. The molecule has 0 aliphatic carbocycles. The van der Waals surface area contributed by atoms with E-state index in [9.17, 15) is 24.6 Å². The van der Waals surface area contributed by atoms with Crippen molar-refractivity contribution in [3.63, 3.8) is 0 Å². The maximum atomic E-state index is 12.7. The fraction of sp³-hybridized carbons (Fsp3) is 0.293. The quantitative estimate of drug-likeness (QED) is 0.0831. The van der Waals surface area contributed by atoms with Crippen LogP contribution in [0.4, 0.5) is 10.5 Å². The first-order chi connectivity index (χ1) is 25.3. The van der Waals surface area contributed by atoms with Gasteiger partial charge in [0.25, 0.3) is 0 Å². The summed E-state index contributed by atoms with van der Waals surface area (Å²) in [5.74, 6) is -0.0537. The van der Waals surface area contributed by atoms with Crippen molar-refractivity contribution in [2.45, 2.75) is 44.4 Å². The predicted octanol–water partition coefficient (Wildman–Crippen LogP) is 5.49. The van der Waals surface area contributed by atoms with Gasteiger partial charge in [0.05, 0.1) is 17.3 Å². The van der Waals surface area contributed by atoms with E-state index in [1.807, 2.05) is 72.8 Å². The highest BCUT2D eigenvalue weighted by Crippen LogP contribution is 2.29. The molecule has 2 amide bonds. The van der Waals surface area contributed by atoms with Gasteiger partial charge in [-0.1, -0.05) is 78.9 Å². The lowest BCUT2D eigenvalue weighted by Gasteiger charge is -2.31. The van der Waals surface area contributed by atoms with Crippen LogP contribution in [0.2, 0.25) is 0 Å². The number of rotatable bonds is 14. The molecule has 1 aliphatic rings. The number of aliphatic hydroxyl groups is 1. The summed E-state index contributed by atoms with van der Waals surface area (Å²) in [6.07, 6.45) is 1.10. The van der Waals surface area contributed by atoms with Crippen LogP contribution < -0.4 is 21.5 Å². The first kappa shape index (κ1) is 36.3. The molecule has 0 spiro atoms. The zero-order chi connectivity index (χ0) is 36.3. The second kappa shape index (κ2) is 17.6. The second-order valence-corrected chi connectivity index (χ2v) is 13.1. The van der Waals surface area contributed by atoms with Gasteiger partial charge in [-0.25, -0.2) is 4.79 Å². The molecule has 1 aromatic heterocycles. The van der Waals surface area contributed by atoms with Crippen molar-refractivity contribution in [2.24, 2.45) is 0 Å². The topological polar surface area (TPSA) is 156 Å². The number of carbonyl (C=O) groups is 2. The summed E-state index contributed by atoms with van der Waals surface area (Å²) in [4.78, 5) is 42.0. The minimum Gasteiger partial charge on any atom is -0.506 e. The normalized spacial score (nSPS) is 14.2. The highest BCUT2D eigenvalue weighted by Gasteiger charge is 2.23. The van der Waals surface area contributed by atoms with Gasteiger partial charge in [0, 0.05) is 56.2 Å². The molecule has 0 bridgehead atoms. The van der Waals surface area contributed by atoms with E-state index < -0.39 is 12.2 Å². The van der Waals surface area contributed by atoms with Crippen molar-refractivity contribution >= 4 is 28.6 Å². The molecule has 5 aromatic rings. The number of nitrogens with zero attached hydrogens (tertiary/aromatic N) is 1. The van der Waals surface area contributed by atoms with Crippen LogP contribution in [0.15, 0.2) is 108 Å². The van der Waals surface area contributed by atoms with Gasteiger partial charge in [0.2, 0.25) is 11.5 Å². The summed E-state index contributed by atoms with van der Waals surface area (Å²) >= 11 is 0. The maximum Gasteiger partial charge on any atom is 0.411 e. The fourth-order valence-corrected chi connectivity index (χ4v) is 6.58. The molecule has 1 saturated heterocycles. The van der Waals surface area contributed by atoms with Crippen LogP contribution in [0.5, 0.6) is 5.75 Å². The van der Waals surface area contributed by atoms with Crippen LogP contribution in [-0.2, 0) is 22.5 Å². The Balaban J connectivity index is 0.868. The van der Waals surface area contributed by atoms with Gasteiger partial charge in [-0.2, -0.15) is 0 Å². The summed E-state index contributed by atoms with van der Waals surface area (Å²) in [6.45, 7) is 3.53. The molecule has 1 atom stereocenters. The fourth-order valence-electron chi connectivity index (χ4n) is 6.58. The largest absolute Gasteiger partial charge is 0.506 e. The van der Waals surface area contributed by atoms with Crippen molar-refractivity contribution < 1.29 is 24.5 Å². The van der Waals surface area contributed by atoms with E-state index in [2.05, 4.69) is 31.9 Å². The van der Waals surface area contributed by atoms with Gasteiger partial charge in [-0.05, 0) is 66.3 Å². The first-order valence-electron chi connectivity index (χ1n) is 17.7. The molecule has 11 nitrogen and oxygen atoms in total. The van der Waals surface area contributed by atoms with E-state index in [4.69, 9.17) is 4.74 Å². The Morgan fingerprint density at radius 1 is 0.904 bits per heavy atom. The number of aromatic amines is 1. The molecule has 4 aromatic carbocycles. The van der Waals surface area contributed by atoms with Gasteiger partial charge >= 0.3 is 6.09 Å². The Labute approximate surface area is 302 Å². The number of amides is 2. The summed E-state index contributed by atoms with van der Waals surface area (Å²) in [6, 6.07) is 31.8. The maximum absolute atomic E-state index is 12.7. The number of phenolic OH excluding ortho intramolecular Hbond substituents is 1. The van der Waals surface area contributed by atoms with E-state index >= 15 is 0 Å². The molecule has 6 N–H and O–H groups in total. The highest BCUT2D eigenvalue weighted by molar-refractivity contribution is 5.91. The van der Waals surface area contributed by atoms with Crippen molar-refractivity contribution in [1.82, 2.24) is 20.5 Å². The Morgan fingerprint density at radius 3 is 2.50 bits per heavy atom. The molecule has 1 fully saturated rings. The van der Waals surface area contributed by atoms with Gasteiger partial charge in [0.1, 0.15) is 11.9 Å². The molecule has 6 rings (SSSR count). The number of hydrogen-bond donors (Lipinski definition) is 6. The SMILES string of the molecule is O=C(CCN1CCC(OC(=O)Nc2ccccc2-c2ccccc2)CC1)NCc1cccc(CCNCC(O)c2ccc(O)c3[nH]c(=O)ccc23)c1. The number of aliphatic hydroxyl groups excluding tert-OH is 1. The number of ether oxygens (including phenoxy) is 1. The molecular weight excluding hydrogens is 658 g/mol. The number of pyridine rings is 1. The number of phenols is 1. The molecular formula is C41H45N5O6. The Morgan fingerprint density at radius 2 is 1.67 bits per heavy atom. The standard InChI is InChI=1S/C41H45N5O6/c47-36-15-13-33(34-14-16-39(50)45-40(34)36)37(48)27-42-21-17-28-7-6-8-29(25-28)26-43-38(49)20-24-46-22-18-31(19-23-46)52-41(51)44-35-12-5-4-11-32(35)30-9-2-1-3-10-30/h1-16,25,31,37,42,47-48H,17-24,26-27H2,(H,43,49)(H,44,51)(H,45,50). The Bertz CT molecular complexity index is 2030. The number of benzene rings is 4.